The summed E-state index contributed by atoms with van der Waals surface area (Å²) in [6.45, 7) is 3.07. The van der Waals surface area contributed by atoms with E-state index in [0.717, 1.165) is 63.4 Å². The van der Waals surface area contributed by atoms with Crippen molar-refractivity contribution in [2.75, 3.05) is 0 Å². The highest BCUT2D eigenvalue weighted by Crippen LogP contribution is 2.40. The van der Waals surface area contributed by atoms with Crippen LogP contribution >= 0.6 is 0 Å². The molecule has 0 atom stereocenters. The van der Waals surface area contributed by atoms with Crippen LogP contribution < -0.4 is 0 Å². The number of non-ortho nitro benzene ring substituents is 2. The summed E-state index contributed by atoms with van der Waals surface area (Å²) in [7, 11) is 0. The number of benzene rings is 6. The summed E-state index contributed by atoms with van der Waals surface area (Å²) in [6.07, 6.45) is 7.04. The maximum atomic E-state index is 11.8. The maximum Gasteiger partial charge on any atom is 0.271 e. The summed E-state index contributed by atoms with van der Waals surface area (Å²) < 4.78 is 2.39. The zero-order chi connectivity index (χ0) is 40.5. The van der Waals surface area contributed by atoms with Crippen molar-refractivity contribution < 1.29 is 9.85 Å². The molecule has 3 heterocycles. The second-order valence-electron chi connectivity index (χ2n) is 14.8. The van der Waals surface area contributed by atoms with Crippen molar-refractivity contribution in [3.8, 4) is 45.0 Å². The van der Waals surface area contributed by atoms with Gasteiger partial charge >= 0.3 is 0 Å². The van der Waals surface area contributed by atoms with Gasteiger partial charge in [-0.25, -0.2) is 19.9 Å². The monoisotopic (exact) mass is 777 g/mol. The first-order chi connectivity index (χ1) is 28.9. The molecular weight excluding hydrogens is 739 g/mol. The number of fused-ring (bicyclic) bond motifs is 5. The van der Waals surface area contributed by atoms with E-state index >= 15 is 0 Å². The largest absolute Gasteiger partial charge is 0.340 e. The van der Waals surface area contributed by atoms with Gasteiger partial charge in [-0.3, -0.25) is 20.2 Å². The Labute approximate surface area is 339 Å². The average Bonchev–Trinajstić information content (AvgIpc) is 3.58. The molecule has 59 heavy (non-hydrogen) atoms. The highest BCUT2D eigenvalue weighted by Gasteiger charge is 2.21. The lowest BCUT2D eigenvalue weighted by molar-refractivity contribution is -0.384. The normalized spacial score (nSPS) is 11.5. The van der Waals surface area contributed by atoms with Gasteiger partial charge < -0.3 is 4.57 Å². The third-order valence-corrected chi connectivity index (χ3v) is 11.0. The number of unbranched alkanes of at least 4 members (excludes halogenated alkanes) is 5. The van der Waals surface area contributed by atoms with Crippen LogP contribution in [0.4, 0.5) is 11.4 Å². The van der Waals surface area contributed by atoms with Crippen LogP contribution in [-0.4, -0.2) is 34.3 Å². The van der Waals surface area contributed by atoms with E-state index in [1.54, 1.807) is 12.1 Å². The zero-order valence-corrected chi connectivity index (χ0v) is 32.4. The number of rotatable bonds is 13. The molecule has 0 saturated carbocycles. The van der Waals surface area contributed by atoms with Crippen LogP contribution in [0.3, 0.4) is 0 Å². The Morgan fingerprint density at radius 1 is 0.458 bits per heavy atom. The number of hydrogen-bond donors (Lipinski definition) is 0. The van der Waals surface area contributed by atoms with Crippen molar-refractivity contribution >= 4 is 55.2 Å². The van der Waals surface area contributed by atoms with Crippen molar-refractivity contribution in [3.63, 3.8) is 0 Å². The molecule has 0 radical (unpaired) electrons. The summed E-state index contributed by atoms with van der Waals surface area (Å²) in [5.74, 6) is 0. The van der Waals surface area contributed by atoms with Gasteiger partial charge in [0.1, 0.15) is 0 Å². The summed E-state index contributed by atoms with van der Waals surface area (Å²) in [5, 5.41) is 25.5. The molecule has 0 unspecified atom stereocenters. The molecule has 0 fully saturated rings. The second-order valence-corrected chi connectivity index (χ2v) is 14.8. The van der Waals surface area contributed by atoms with Crippen LogP contribution in [0.2, 0.25) is 0 Å². The quantitative estimate of drug-likeness (QED) is 0.0639. The molecule has 6 aromatic carbocycles. The molecule has 0 saturated heterocycles. The number of aromatic nitrogens is 5. The molecule has 0 aliphatic carbocycles. The first-order valence-electron chi connectivity index (χ1n) is 20.0. The van der Waals surface area contributed by atoms with E-state index in [4.69, 9.17) is 19.9 Å². The van der Waals surface area contributed by atoms with Gasteiger partial charge in [0.25, 0.3) is 11.4 Å². The van der Waals surface area contributed by atoms with Crippen molar-refractivity contribution in [1.82, 2.24) is 24.5 Å². The van der Waals surface area contributed by atoms with Gasteiger partial charge in [-0.2, -0.15) is 0 Å². The summed E-state index contributed by atoms with van der Waals surface area (Å²) in [4.78, 5) is 42.9. The van der Waals surface area contributed by atoms with Gasteiger partial charge in [-0.1, -0.05) is 112 Å². The molecule has 0 aliphatic rings. The Morgan fingerprint density at radius 2 is 0.881 bits per heavy atom. The van der Waals surface area contributed by atoms with Gasteiger partial charge in [0, 0.05) is 74.9 Å². The Kier molecular flexibility index (Phi) is 10.00. The third-order valence-electron chi connectivity index (χ3n) is 11.0. The summed E-state index contributed by atoms with van der Waals surface area (Å²) >= 11 is 0. The molecule has 9 rings (SSSR count). The van der Waals surface area contributed by atoms with Crippen molar-refractivity contribution in [2.45, 2.75) is 52.0 Å². The van der Waals surface area contributed by atoms with E-state index < -0.39 is 9.85 Å². The van der Waals surface area contributed by atoms with Crippen LogP contribution in [0.5, 0.6) is 0 Å². The molecule has 11 nitrogen and oxygen atoms in total. The Hall–Kier alpha value is -7.40. The first-order valence-corrected chi connectivity index (χ1v) is 20.0. The molecule has 9 aromatic rings. The molecule has 290 valence electrons. The Balaban J connectivity index is 1.26. The summed E-state index contributed by atoms with van der Waals surface area (Å²) in [5.41, 5.74) is 10.0. The minimum atomic E-state index is -0.418. The molecule has 0 amide bonds. The van der Waals surface area contributed by atoms with E-state index in [2.05, 4.69) is 47.9 Å². The minimum absolute atomic E-state index is 0.0489. The number of nitrogens with zero attached hydrogens (tertiary/aromatic N) is 7. The number of aryl methyl sites for hydroxylation is 1. The van der Waals surface area contributed by atoms with E-state index in [1.807, 2.05) is 60.7 Å². The van der Waals surface area contributed by atoms with Crippen LogP contribution in [0.25, 0.3) is 88.9 Å². The van der Waals surface area contributed by atoms with Gasteiger partial charge in [-0.15, -0.1) is 0 Å². The fraction of sp³-hybridized carbons (Fsp3) is 0.167. The fourth-order valence-corrected chi connectivity index (χ4v) is 8.00. The van der Waals surface area contributed by atoms with Crippen molar-refractivity contribution in [2.24, 2.45) is 0 Å². The van der Waals surface area contributed by atoms with Gasteiger partial charge in [0.05, 0.1) is 54.7 Å². The lowest BCUT2D eigenvalue weighted by Crippen LogP contribution is -1.99. The smallest absolute Gasteiger partial charge is 0.271 e. The fourth-order valence-electron chi connectivity index (χ4n) is 8.00. The molecule has 0 bridgehead atoms. The van der Waals surface area contributed by atoms with Crippen LogP contribution in [0, 0.1) is 20.2 Å². The van der Waals surface area contributed by atoms with Gasteiger partial charge in [0.15, 0.2) is 0 Å². The standard InChI is InChI=1S/C48H39N7O4/c1-2-3-4-5-6-13-26-53-43-24-18-33(47-45(31-14-9-7-10-15-31)49-39-22-20-35(54(56)57)29-41(39)51-47)27-37(43)38-28-34(19-25-44(38)53)48-46(32-16-11-8-12-17-32)50-40-23-21-36(55(58)59)30-42(40)52-48/h7-12,14-25,27-30H,2-6,13,26H2,1H3. The lowest BCUT2D eigenvalue weighted by Gasteiger charge is -2.12. The Morgan fingerprint density at radius 3 is 1.34 bits per heavy atom. The van der Waals surface area contributed by atoms with Crippen molar-refractivity contribution in [1.29, 1.82) is 0 Å². The van der Waals surface area contributed by atoms with E-state index in [1.165, 1.54) is 49.9 Å². The zero-order valence-electron chi connectivity index (χ0n) is 32.4. The first kappa shape index (κ1) is 37.2. The van der Waals surface area contributed by atoms with Crippen LogP contribution in [0.15, 0.2) is 133 Å². The predicted molar refractivity (Wildman–Crippen MR) is 234 cm³/mol. The lowest BCUT2D eigenvalue weighted by atomic mass is 9.99. The van der Waals surface area contributed by atoms with E-state index in [-0.39, 0.29) is 11.4 Å². The molecule has 11 heteroatoms. The summed E-state index contributed by atoms with van der Waals surface area (Å²) in [6, 6.07) is 41.6. The SMILES string of the molecule is CCCCCCCCn1c2ccc(-c3nc4cc([N+](=O)[O-])ccc4nc3-c3ccccc3)cc2c2cc(-c3nc4cc([N+](=O)[O-])ccc4nc3-c3ccccc3)ccc21. The number of nitro benzene ring substituents is 2. The molecule has 0 spiro atoms. The number of hydrogen-bond acceptors (Lipinski definition) is 8. The van der Waals surface area contributed by atoms with Crippen LogP contribution in [-0.2, 0) is 6.54 Å². The topological polar surface area (TPSA) is 143 Å². The van der Waals surface area contributed by atoms with E-state index in [9.17, 15) is 20.2 Å². The minimum Gasteiger partial charge on any atom is -0.340 e. The predicted octanol–water partition coefficient (Wildman–Crippen LogP) is 12.5. The van der Waals surface area contributed by atoms with Crippen LogP contribution in [0.1, 0.15) is 45.4 Å². The highest BCUT2D eigenvalue weighted by molar-refractivity contribution is 6.11. The third kappa shape index (κ3) is 7.23. The van der Waals surface area contributed by atoms with Crippen molar-refractivity contribution in [3.05, 3.63) is 154 Å². The van der Waals surface area contributed by atoms with Gasteiger partial charge in [0.2, 0.25) is 0 Å². The Bertz CT molecular complexity index is 2860. The highest BCUT2D eigenvalue weighted by atomic mass is 16.6. The molecule has 3 aromatic heterocycles. The molecule has 0 aliphatic heterocycles. The van der Waals surface area contributed by atoms with Gasteiger partial charge in [-0.05, 0) is 42.8 Å². The molecular formula is C48H39N7O4. The maximum absolute atomic E-state index is 11.8. The average molecular weight is 778 g/mol. The second kappa shape index (κ2) is 15.9. The number of nitro groups is 2. The van der Waals surface area contributed by atoms with E-state index in [0.29, 0.717) is 44.8 Å². The molecule has 0 N–H and O–H groups in total.